The molecule has 0 atom stereocenters. The highest BCUT2D eigenvalue weighted by Gasteiger charge is 2.28. The Hall–Kier alpha value is -2.48. The van der Waals surface area contributed by atoms with E-state index in [1.807, 2.05) is 0 Å². The van der Waals surface area contributed by atoms with Gasteiger partial charge in [0.2, 0.25) is 5.69 Å². The zero-order valence-electron chi connectivity index (χ0n) is 13.2. The third-order valence-corrected chi connectivity index (χ3v) is 4.58. The number of rotatable bonds is 1. The second-order valence-corrected chi connectivity index (χ2v) is 6.11. The molecule has 4 rings (SSSR count). The van der Waals surface area contributed by atoms with Gasteiger partial charge in [-0.25, -0.2) is 4.57 Å². The number of fused-ring (bicyclic) bond motifs is 3. The maximum absolute atomic E-state index is 4.75. The summed E-state index contributed by atoms with van der Waals surface area (Å²) in [4.78, 5) is 4.75. The van der Waals surface area contributed by atoms with Gasteiger partial charge in [0.05, 0.1) is 5.69 Å². The van der Waals surface area contributed by atoms with Gasteiger partial charge in [-0.05, 0) is 37.1 Å². The van der Waals surface area contributed by atoms with Gasteiger partial charge in [-0.2, -0.15) is 0 Å². The number of benzene rings is 1. The topological polar surface area (TPSA) is 16.8 Å². The lowest BCUT2D eigenvalue weighted by Gasteiger charge is -2.08. The van der Waals surface area contributed by atoms with Gasteiger partial charge >= 0.3 is 0 Å². The number of pyridine rings is 2. The molecule has 108 valence electrons. The standard InChI is InChI=1S/C20H19N2/c1-13-6-4-5-7-15(13)20-18-12-19-17(9-8-14(2)21-19)16(18)10-11-22(20)3/h4-11H,12H2,1-3H3/q+1. The molecule has 1 aromatic carbocycles. The smallest absolute Gasteiger partial charge is 0.216 e. The Morgan fingerprint density at radius 3 is 2.55 bits per heavy atom. The van der Waals surface area contributed by atoms with Crippen LogP contribution in [0.2, 0.25) is 0 Å². The monoisotopic (exact) mass is 287 g/mol. The van der Waals surface area contributed by atoms with Crippen molar-refractivity contribution < 1.29 is 4.57 Å². The van der Waals surface area contributed by atoms with E-state index in [1.54, 1.807) is 0 Å². The van der Waals surface area contributed by atoms with Gasteiger partial charge < -0.3 is 0 Å². The largest absolute Gasteiger partial charge is 0.257 e. The van der Waals surface area contributed by atoms with Crippen LogP contribution in [0.25, 0.3) is 22.4 Å². The fourth-order valence-corrected chi connectivity index (χ4v) is 3.48. The van der Waals surface area contributed by atoms with E-state index in [-0.39, 0.29) is 0 Å². The van der Waals surface area contributed by atoms with Gasteiger partial charge in [-0.3, -0.25) is 4.98 Å². The van der Waals surface area contributed by atoms with Gasteiger partial charge in [0.15, 0.2) is 6.20 Å². The lowest BCUT2D eigenvalue weighted by atomic mass is 9.98. The molecule has 2 heterocycles. The van der Waals surface area contributed by atoms with Gasteiger partial charge in [0.25, 0.3) is 0 Å². The Balaban J connectivity index is 1.99. The maximum atomic E-state index is 4.75. The third kappa shape index (κ3) is 1.87. The highest BCUT2D eigenvalue weighted by Crippen LogP contribution is 2.39. The van der Waals surface area contributed by atoms with E-state index < -0.39 is 0 Å². The molecule has 22 heavy (non-hydrogen) atoms. The van der Waals surface area contributed by atoms with Crippen LogP contribution in [0.5, 0.6) is 0 Å². The summed E-state index contributed by atoms with van der Waals surface area (Å²) in [5.41, 5.74) is 10.2. The molecule has 0 bridgehead atoms. The average molecular weight is 287 g/mol. The lowest BCUT2D eigenvalue weighted by Crippen LogP contribution is -2.32. The average Bonchev–Trinajstić information content (AvgIpc) is 2.85. The van der Waals surface area contributed by atoms with Crippen molar-refractivity contribution in [1.29, 1.82) is 0 Å². The van der Waals surface area contributed by atoms with E-state index in [0.717, 1.165) is 12.1 Å². The molecular weight excluding hydrogens is 268 g/mol. The molecule has 0 fully saturated rings. The van der Waals surface area contributed by atoms with E-state index in [4.69, 9.17) is 4.98 Å². The number of aryl methyl sites for hydroxylation is 3. The molecule has 0 N–H and O–H groups in total. The molecule has 0 spiro atoms. The molecule has 0 amide bonds. The summed E-state index contributed by atoms with van der Waals surface area (Å²) < 4.78 is 2.24. The first-order valence-corrected chi connectivity index (χ1v) is 7.69. The lowest BCUT2D eigenvalue weighted by molar-refractivity contribution is -0.660. The van der Waals surface area contributed by atoms with Crippen LogP contribution in [0, 0.1) is 13.8 Å². The molecule has 0 saturated carbocycles. The SMILES string of the molecule is Cc1ccc2c(n1)Cc1c-2cc[n+](C)c1-c1ccccc1C. The summed E-state index contributed by atoms with van der Waals surface area (Å²) in [7, 11) is 2.13. The molecule has 3 aromatic rings. The highest BCUT2D eigenvalue weighted by molar-refractivity contribution is 5.81. The Morgan fingerprint density at radius 1 is 0.909 bits per heavy atom. The molecule has 0 saturated heterocycles. The number of hydrogen-bond donors (Lipinski definition) is 0. The van der Waals surface area contributed by atoms with Crippen LogP contribution in [0.4, 0.5) is 0 Å². The van der Waals surface area contributed by atoms with E-state index >= 15 is 0 Å². The van der Waals surface area contributed by atoms with Crippen molar-refractivity contribution >= 4 is 0 Å². The molecule has 0 unspecified atom stereocenters. The van der Waals surface area contributed by atoms with Crippen LogP contribution < -0.4 is 4.57 Å². The van der Waals surface area contributed by atoms with Crippen molar-refractivity contribution in [2.45, 2.75) is 20.3 Å². The number of hydrogen-bond acceptors (Lipinski definition) is 1. The van der Waals surface area contributed by atoms with Gasteiger partial charge in [-0.1, -0.05) is 24.3 Å². The quantitative estimate of drug-likeness (QED) is 0.487. The summed E-state index contributed by atoms with van der Waals surface area (Å²) in [6, 6.07) is 15.2. The predicted octanol–water partition coefficient (Wildman–Crippen LogP) is 3.76. The minimum absolute atomic E-state index is 0.921. The summed E-state index contributed by atoms with van der Waals surface area (Å²) in [6.45, 7) is 4.24. The molecular formula is C20H19N2+. The minimum atomic E-state index is 0.921. The van der Waals surface area contributed by atoms with Crippen LogP contribution in [0.1, 0.15) is 22.5 Å². The van der Waals surface area contributed by atoms with E-state index in [9.17, 15) is 0 Å². The minimum Gasteiger partial charge on any atom is -0.257 e. The fourth-order valence-electron chi connectivity index (χ4n) is 3.48. The Bertz CT molecular complexity index is 894. The zero-order valence-corrected chi connectivity index (χ0v) is 13.2. The molecule has 2 aromatic heterocycles. The second-order valence-electron chi connectivity index (χ2n) is 6.11. The van der Waals surface area contributed by atoms with Crippen LogP contribution in [-0.4, -0.2) is 4.98 Å². The fraction of sp³-hybridized carbons (Fsp3) is 0.200. The Kier molecular flexibility index (Phi) is 2.86. The van der Waals surface area contributed by atoms with Crippen molar-refractivity contribution in [3.05, 3.63) is 71.2 Å². The normalized spacial score (nSPS) is 12.1. The molecule has 0 aliphatic heterocycles. The van der Waals surface area contributed by atoms with Crippen molar-refractivity contribution in [1.82, 2.24) is 4.98 Å². The van der Waals surface area contributed by atoms with Gasteiger partial charge in [-0.15, -0.1) is 0 Å². The summed E-state index contributed by atoms with van der Waals surface area (Å²) >= 11 is 0. The first kappa shape index (κ1) is 13.2. The third-order valence-electron chi connectivity index (χ3n) is 4.58. The van der Waals surface area contributed by atoms with Crippen LogP contribution in [0.15, 0.2) is 48.7 Å². The summed E-state index contributed by atoms with van der Waals surface area (Å²) in [5, 5.41) is 0. The Morgan fingerprint density at radius 2 is 1.73 bits per heavy atom. The highest BCUT2D eigenvalue weighted by atomic mass is 14.9. The molecule has 2 nitrogen and oxygen atoms in total. The van der Waals surface area contributed by atoms with E-state index in [2.05, 4.69) is 74.1 Å². The van der Waals surface area contributed by atoms with Crippen LogP contribution >= 0.6 is 0 Å². The van der Waals surface area contributed by atoms with Crippen LogP contribution in [-0.2, 0) is 13.5 Å². The number of nitrogens with zero attached hydrogens (tertiary/aromatic N) is 2. The molecule has 1 aliphatic rings. The number of aromatic nitrogens is 2. The maximum Gasteiger partial charge on any atom is 0.216 e. The summed E-state index contributed by atoms with van der Waals surface area (Å²) in [6.07, 6.45) is 3.08. The van der Waals surface area contributed by atoms with Gasteiger partial charge in [0, 0.05) is 34.9 Å². The summed E-state index contributed by atoms with van der Waals surface area (Å²) in [5.74, 6) is 0. The van der Waals surface area contributed by atoms with Crippen LogP contribution in [0.3, 0.4) is 0 Å². The first-order valence-electron chi connectivity index (χ1n) is 7.69. The molecule has 1 aliphatic carbocycles. The van der Waals surface area contributed by atoms with Crippen molar-refractivity contribution in [3.8, 4) is 22.4 Å². The molecule has 2 heteroatoms. The van der Waals surface area contributed by atoms with Crippen molar-refractivity contribution in [3.63, 3.8) is 0 Å². The predicted molar refractivity (Wildman–Crippen MR) is 88.6 cm³/mol. The van der Waals surface area contributed by atoms with Gasteiger partial charge in [0.1, 0.15) is 7.05 Å². The first-order chi connectivity index (χ1) is 10.6. The zero-order chi connectivity index (χ0) is 15.3. The van der Waals surface area contributed by atoms with Crippen molar-refractivity contribution in [2.24, 2.45) is 7.05 Å². The van der Waals surface area contributed by atoms with E-state index in [0.29, 0.717) is 0 Å². The van der Waals surface area contributed by atoms with Crippen molar-refractivity contribution in [2.75, 3.05) is 0 Å². The molecule has 0 radical (unpaired) electrons. The second kappa shape index (κ2) is 4.77. The Labute approximate surface area is 131 Å². The van der Waals surface area contributed by atoms with E-state index in [1.165, 1.54) is 39.2 Å².